The van der Waals surface area contributed by atoms with Crippen LogP contribution in [0.1, 0.15) is 5.82 Å². The van der Waals surface area contributed by atoms with E-state index >= 15 is 0 Å². The molecule has 0 fully saturated rings. The number of nitrogens with one attached hydrogen (secondary N) is 2. The minimum absolute atomic E-state index is 0.0441. The van der Waals surface area contributed by atoms with E-state index < -0.39 is 10.0 Å². The molecule has 0 atom stereocenters. The lowest BCUT2D eigenvalue weighted by Gasteiger charge is -2.07. The molecule has 2 aromatic rings. The molecule has 9 heteroatoms. The van der Waals surface area contributed by atoms with Crippen molar-refractivity contribution in [3.05, 3.63) is 36.4 Å². The largest absolute Gasteiger partial charge is 0.398 e. The summed E-state index contributed by atoms with van der Waals surface area (Å²) in [5.74, 6) is 1.15. The highest BCUT2D eigenvalue weighted by atomic mass is 32.2. The van der Waals surface area contributed by atoms with Gasteiger partial charge in [-0.1, -0.05) is 12.1 Å². The third-order valence-corrected chi connectivity index (χ3v) is 5.41. The molecular weight excluding hydrogens is 310 g/mol. The molecule has 0 spiro atoms. The fourth-order valence-corrected chi connectivity index (χ4v) is 4.02. The Morgan fingerprint density at radius 1 is 1.33 bits per heavy atom. The molecule has 0 aliphatic rings. The molecule has 1 aromatic carbocycles. The van der Waals surface area contributed by atoms with Gasteiger partial charge in [-0.05, 0) is 12.1 Å². The number of benzene rings is 1. The van der Waals surface area contributed by atoms with E-state index in [4.69, 9.17) is 5.73 Å². The van der Waals surface area contributed by atoms with Crippen molar-refractivity contribution in [2.75, 3.05) is 23.8 Å². The van der Waals surface area contributed by atoms with Crippen LogP contribution in [0.3, 0.4) is 0 Å². The second-order valence-corrected chi connectivity index (χ2v) is 7.34. The quantitative estimate of drug-likeness (QED) is 0.484. The van der Waals surface area contributed by atoms with E-state index in [1.54, 1.807) is 6.07 Å². The van der Waals surface area contributed by atoms with Gasteiger partial charge in [-0.25, -0.2) is 18.1 Å². The van der Waals surface area contributed by atoms with Gasteiger partial charge in [0.1, 0.15) is 12.2 Å². The van der Waals surface area contributed by atoms with E-state index in [1.807, 2.05) is 18.2 Å². The Bertz CT molecular complexity index is 658. The summed E-state index contributed by atoms with van der Waals surface area (Å²) in [5.41, 5.74) is 6.47. The average molecular weight is 327 g/mol. The highest BCUT2D eigenvalue weighted by molar-refractivity contribution is 8.00. The van der Waals surface area contributed by atoms with E-state index in [2.05, 4.69) is 19.9 Å². The first-order valence-corrected chi connectivity index (χ1v) is 8.99. The summed E-state index contributed by atoms with van der Waals surface area (Å²) in [5, 5.41) is 6.38. The summed E-state index contributed by atoms with van der Waals surface area (Å²) < 4.78 is 26.2. The van der Waals surface area contributed by atoms with E-state index in [-0.39, 0.29) is 5.75 Å². The molecule has 0 saturated carbocycles. The SMILES string of the molecule is Nc1ccccc1SCCS(=O)(=O)NCCc1ncn[nH]1. The standard InChI is InChI=1S/C12H17N5O2S2/c13-10-3-1-2-4-11(10)20-7-8-21(18,19)16-6-5-12-14-9-15-17-12/h1-4,9,16H,5-8,13H2,(H,14,15,17). The van der Waals surface area contributed by atoms with Gasteiger partial charge in [0.2, 0.25) is 10.0 Å². The molecule has 21 heavy (non-hydrogen) atoms. The zero-order chi connectivity index (χ0) is 15.1. The van der Waals surface area contributed by atoms with E-state index in [0.717, 1.165) is 4.90 Å². The zero-order valence-electron chi connectivity index (χ0n) is 11.3. The molecule has 1 heterocycles. The number of nitrogen functional groups attached to an aromatic ring is 1. The number of H-pyrrole nitrogens is 1. The Kier molecular flexibility index (Phi) is 5.59. The minimum atomic E-state index is -3.29. The van der Waals surface area contributed by atoms with Crippen molar-refractivity contribution in [3.8, 4) is 0 Å². The Hall–Kier alpha value is -1.58. The van der Waals surface area contributed by atoms with Crippen LogP contribution >= 0.6 is 11.8 Å². The fraction of sp³-hybridized carbons (Fsp3) is 0.333. The lowest BCUT2D eigenvalue weighted by molar-refractivity contribution is 0.582. The summed E-state index contributed by atoms with van der Waals surface area (Å²) in [7, 11) is -3.29. The predicted octanol–water partition coefficient (Wildman–Crippen LogP) is 0.641. The predicted molar refractivity (Wildman–Crippen MR) is 83.5 cm³/mol. The summed E-state index contributed by atoms with van der Waals surface area (Å²) in [6.07, 6.45) is 1.88. The van der Waals surface area contributed by atoms with Gasteiger partial charge in [0.25, 0.3) is 0 Å². The maximum absolute atomic E-state index is 11.8. The summed E-state index contributed by atoms with van der Waals surface area (Å²) in [6.45, 7) is 0.301. The molecule has 2 rings (SSSR count). The maximum atomic E-state index is 11.8. The number of hydrogen-bond acceptors (Lipinski definition) is 6. The van der Waals surface area contributed by atoms with Crippen LogP contribution in [0, 0.1) is 0 Å². The van der Waals surface area contributed by atoms with Crippen LogP contribution in [0.4, 0.5) is 5.69 Å². The first-order valence-electron chi connectivity index (χ1n) is 6.36. The summed E-state index contributed by atoms with van der Waals surface area (Å²) >= 11 is 1.43. The molecule has 0 amide bonds. The number of para-hydroxylation sites is 1. The van der Waals surface area contributed by atoms with E-state index in [9.17, 15) is 8.42 Å². The van der Waals surface area contributed by atoms with Crippen molar-refractivity contribution in [2.45, 2.75) is 11.3 Å². The molecule has 0 aliphatic carbocycles. The Balaban J connectivity index is 1.72. The van der Waals surface area contributed by atoms with Crippen molar-refractivity contribution >= 4 is 27.5 Å². The number of aromatic amines is 1. The Morgan fingerprint density at radius 2 is 2.14 bits per heavy atom. The van der Waals surface area contributed by atoms with Crippen LogP contribution in [-0.2, 0) is 16.4 Å². The molecule has 0 saturated heterocycles. The van der Waals surface area contributed by atoms with Crippen LogP contribution < -0.4 is 10.5 Å². The fourth-order valence-electron chi connectivity index (χ4n) is 1.62. The third kappa shape index (κ3) is 5.37. The molecule has 114 valence electrons. The van der Waals surface area contributed by atoms with Crippen molar-refractivity contribution in [1.82, 2.24) is 19.9 Å². The van der Waals surface area contributed by atoms with Crippen molar-refractivity contribution in [3.63, 3.8) is 0 Å². The van der Waals surface area contributed by atoms with Crippen molar-refractivity contribution in [1.29, 1.82) is 0 Å². The van der Waals surface area contributed by atoms with Crippen LogP contribution in [0.25, 0.3) is 0 Å². The van der Waals surface area contributed by atoms with Crippen LogP contribution in [0.2, 0.25) is 0 Å². The van der Waals surface area contributed by atoms with Crippen molar-refractivity contribution in [2.24, 2.45) is 0 Å². The lowest BCUT2D eigenvalue weighted by Crippen LogP contribution is -2.29. The average Bonchev–Trinajstić information content (AvgIpc) is 2.94. The van der Waals surface area contributed by atoms with Gasteiger partial charge in [0.05, 0.1) is 5.75 Å². The maximum Gasteiger partial charge on any atom is 0.212 e. The van der Waals surface area contributed by atoms with Crippen LogP contribution in [0.5, 0.6) is 0 Å². The van der Waals surface area contributed by atoms with E-state index in [0.29, 0.717) is 30.2 Å². The van der Waals surface area contributed by atoms with Crippen LogP contribution in [-0.4, -0.2) is 41.6 Å². The first-order chi connectivity index (χ1) is 10.1. The molecule has 4 N–H and O–H groups in total. The number of nitrogens with two attached hydrogens (primary N) is 1. The number of aromatic nitrogens is 3. The topological polar surface area (TPSA) is 114 Å². The van der Waals surface area contributed by atoms with Gasteiger partial charge in [0.15, 0.2) is 0 Å². The van der Waals surface area contributed by atoms with Crippen molar-refractivity contribution < 1.29 is 8.42 Å². The van der Waals surface area contributed by atoms with Gasteiger partial charge in [-0.3, -0.25) is 5.10 Å². The monoisotopic (exact) mass is 327 g/mol. The second kappa shape index (κ2) is 7.43. The number of hydrogen-bond donors (Lipinski definition) is 3. The minimum Gasteiger partial charge on any atom is -0.398 e. The van der Waals surface area contributed by atoms with Gasteiger partial charge in [0, 0.05) is 29.3 Å². The highest BCUT2D eigenvalue weighted by Gasteiger charge is 2.10. The number of rotatable bonds is 8. The third-order valence-electron chi connectivity index (χ3n) is 2.68. The van der Waals surface area contributed by atoms with Gasteiger partial charge in [-0.2, -0.15) is 5.10 Å². The Labute approximate surface area is 127 Å². The molecule has 0 bridgehead atoms. The molecule has 7 nitrogen and oxygen atoms in total. The van der Waals surface area contributed by atoms with Crippen LogP contribution in [0.15, 0.2) is 35.5 Å². The number of nitrogens with zero attached hydrogens (tertiary/aromatic N) is 2. The molecule has 0 aliphatic heterocycles. The first kappa shape index (κ1) is 15.8. The summed E-state index contributed by atoms with van der Waals surface area (Å²) in [4.78, 5) is 4.83. The zero-order valence-corrected chi connectivity index (χ0v) is 13.0. The molecule has 1 aromatic heterocycles. The molecule has 0 radical (unpaired) electrons. The molecule has 0 unspecified atom stereocenters. The van der Waals surface area contributed by atoms with Gasteiger partial charge in [-0.15, -0.1) is 11.8 Å². The molecular formula is C12H17N5O2S2. The van der Waals surface area contributed by atoms with Gasteiger partial charge < -0.3 is 5.73 Å². The second-order valence-electron chi connectivity index (χ2n) is 4.28. The highest BCUT2D eigenvalue weighted by Crippen LogP contribution is 2.24. The van der Waals surface area contributed by atoms with E-state index in [1.165, 1.54) is 18.1 Å². The normalized spacial score (nSPS) is 11.6. The number of thioether (sulfide) groups is 1. The number of sulfonamides is 1. The smallest absolute Gasteiger partial charge is 0.212 e. The summed E-state index contributed by atoms with van der Waals surface area (Å²) in [6, 6.07) is 7.40. The number of anilines is 1. The lowest BCUT2D eigenvalue weighted by atomic mass is 10.3. The van der Waals surface area contributed by atoms with Gasteiger partial charge >= 0.3 is 0 Å². The Morgan fingerprint density at radius 3 is 2.86 bits per heavy atom.